The van der Waals surface area contributed by atoms with Gasteiger partial charge in [-0.25, -0.2) is 4.98 Å². The maximum absolute atomic E-state index is 12.4. The molecule has 2 N–H and O–H groups in total. The molecule has 0 spiro atoms. The van der Waals surface area contributed by atoms with Crippen LogP contribution in [0.1, 0.15) is 21.6 Å². The van der Waals surface area contributed by atoms with Crippen molar-refractivity contribution in [1.29, 1.82) is 0 Å². The lowest BCUT2D eigenvalue weighted by molar-refractivity contribution is 0.102. The smallest absolute Gasteiger partial charge is 0.274 e. The molecule has 2 aromatic carbocycles. The molecule has 6 heteroatoms. The largest absolute Gasteiger partial charge is 0.496 e. The monoisotopic (exact) mass is 395 g/mol. The number of nitrogens with one attached hydrogen (secondary N) is 2. The Kier molecular flexibility index (Phi) is 6.50. The van der Waals surface area contributed by atoms with Crippen molar-refractivity contribution in [2.75, 3.05) is 24.3 Å². The second-order valence-electron chi connectivity index (χ2n) is 6.29. The van der Waals surface area contributed by atoms with Gasteiger partial charge in [-0.2, -0.15) is 0 Å². The molecule has 0 atom stereocenters. The van der Waals surface area contributed by atoms with Gasteiger partial charge in [0.25, 0.3) is 5.91 Å². The number of hydrogen-bond donors (Lipinski definition) is 2. The minimum absolute atomic E-state index is 0.272. The van der Waals surface area contributed by atoms with Gasteiger partial charge in [0.2, 0.25) is 0 Å². The highest BCUT2D eigenvalue weighted by atomic mass is 35.5. The molecule has 5 nitrogen and oxygen atoms in total. The fourth-order valence-corrected chi connectivity index (χ4v) is 2.99. The van der Waals surface area contributed by atoms with E-state index in [0.29, 0.717) is 16.4 Å². The topological polar surface area (TPSA) is 63.2 Å². The van der Waals surface area contributed by atoms with Gasteiger partial charge in [0, 0.05) is 17.3 Å². The van der Waals surface area contributed by atoms with Gasteiger partial charge in [0.1, 0.15) is 11.4 Å². The predicted molar refractivity (Wildman–Crippen MR) is 114 cm³/mol. The van der Waals surface area contributed by atoms with E-state index in [1.807, 2.05) is 43.3 Å². The second kappa shape index (κ2) is 9.24. The quantitative estimate of drug-likeness (QED) is 0.593. The van der Waals surface area contributed by atoms with Crippen LogP contribution in [0.5, 0.6) is 5.75 Å². The van der Waals surface area contributed by atoms with Crippen molar-refractivity contribution < 1.29 is 9.53 Å². The summed E-state index contributed by atoms with van der Waals surface area (Å²) >= 11 is 6.09. The highest BCUT2D eigenvalue weighted by Gasteiger charge is 2.10. The second-order valence-corrected chi connectivity index (χ2v) is 6.69. The van der Waals surface area contributed by atoms with Crippen LogP contribution in [0.3, 0.4) is 0 Å². The van der Waals surface area contributed by atoms with Gasteiger partial charge in [-0.1, -0.05) is 35.9 Å². The van der Waals surface area contributed by atoms with E-state index >= 15 is 0 Å². The molecule has 3 rings (SSSR count). The molecule has 0 fully saturated rings. The first kappa shape index (κ1) is 19.7. The summed E-state index contributed by atoms with van der Waals surface area (Å²) in [5.41, 5.74) is 3.84. The molecule has 1 amide bonds. The minimum atomic E-state index is -0.272. The summed E-state index contributed by atoms with van der Waals surface area (Å²) in [5, 5.41) is 6.77. The maximum Gasteiger partial charge on any atom is 0.274 e. The standard InChI is InChI=1S/C22H22ClN3O2/c1-15-18(23)7-5-8-19(15)26-22(27)20-11-10-17(14-25-20)24-13-12-16-6-3-4-9-21(16)28-2/h3-11,14,24H,12-13H2,1-2H3,(H,26,27). The third-order valence-corrected chi connectivity index (χ3v) is 4.84. The van der Waals surface area contributed by atoms with Crippen molar-refractivity contribution in [2.45, 2.75) is 13.3 Å². The number of pyridine rings is 1. The Morgan fingerprint density at radius 1 is 1.11 bits per heavy atom. The third kappa shape index (κ3) is 4.81. The highest BCUT2D eigenvalue weighted by Crippen LogP contribution is 2.23. The fourth-order valence-electron chi connectivity index (χ4n) is 2.81. The first-order valence-corrected chi connectivity index (χ1v) is 9.34. The Morgan fingerprint density at radius 2 is 1.93 bits per heavy atom. The SMILES string of the molecule is COc1ccccc1CCNc1ccc(C(=O)Nc2cccc(Cl)c2C)nc1. The minimum Gasteiger partial charge on any atom is -0.496 e. The lowest BCUT2D eigenvalue weighted by Crippen LogP contribution is -2.14. The van der Waals surface area contributed by atoms with Crippen LogP contribution in [-0.2, 0) is 6.42 Å². The van der Waals surface area contributed by atoms with Crippen LogP contribution < -0.4 is 15.4 Å². The first-order chi connectivity index (χ1) is 13.6. The van der Waals surface area contributed by atoms with Gasteiger partial charge < -0.3 is 15.4 Å². The van der Waals surface area contributed by atoms with Crippen molar-refractivity contribution in [3.63, 3.8) is 0 Å². The molecule has 0 unspecified atom stereocenters. The van der Waals surface area contributed by atoms with Crippen molar-refractivity contribution in [3.05, 3.63) is 82.6 Å². The van der Waals surface area contributed by atoms with Crippen molar-refractivity contribution in [2.24, 2.45) is 0 Å². The van der Waals surface area contributed by atoms with Crippen molar-refractivity contribution in [3.8, 4) is 5.75 Å². The van der Waals surface area contributed by atoms with Crippen LogP contribution in [0.4, 0.5) is 11.4 Å². The molecule has 0 saturated heterocycles. The third-order valence-electron chi connectivity index (χ3n) is 4.43. The van der Waals surface area contributed by atoms with Gasteiger partial charge >= 0.3 is 0 Å². The number of amides is 1. The molecule has 0 saturated carbocycles. The molecule has 1 heterocycles. The highest BCUT2D eigenvalue weighted by molar-refractivity contribution is 6.31. The zero-order valence-electron chi connectivity index (χ0n) is 15.8. The molecule has 3 aromatic rings. The number of carbonyl (C=O) groups excluding carboxylic acids is 1. The molecule has 0 aliphatic rings. The number of ether oxygens (including phenoxy) is 1. The Balaban J connectivity index is 1.57. The van der Waals surface area contributed by atoms with Crippen LogP contribution in [0.2, 0.25) is 5.02 Å². The van der Waals surface area contributed by atoms with E-state index in [1.165, 1.54) is 0 Å². The number of halogens is 1. The van der Waals surface area contributed by atoms with Crippen LogP contribution in [0.25, 0.3) is 0 Å². The zero-order valence-corrected chi connectivity index (χ0v) is 16.6. The molecule has 0 bridgehead atoms. The van der Waals surface area contributed by atoms with Crippen molar-refractivity contribution in [1.82, 2.24) is 4.98 Å². The lowest BCUT2D eigenvalue weighted by atomic mass is 10.1. The number of hydrogen-bond acceptors (Lipinski definition) is 4. The number of para-hydroxylation sites is 1. The van der Waals surface area contributed by atoms with Crippen molar-refractivity contribution >= 4 is 28.9 Å². The Hall–Kier alpha value is -3.05. The Morgan fingerprint density at radius 3 is 2.68 bits per heavy atom. The molecule has 1 aromatic heterocycles. The maximum atomic E-state index is 12.4. The first-order valence-electron chi connectivity index (χ1n) is 8.97. The van der Waals surface area contributed by atoms with Gasteiger partial charge in [-0.3, -0.25) is 4.79 Å². The number of rotatable bonds is 7. The van der Waals surface area contributed by atoms with E-state index in [0.717, 1.165) is 35.5 Å². The van der Waals surface area contributed by atoms with E-state index in [1.54, 1.807) is 31.5 Å². The summed E-state index contributed by atoms with van der Waals surface area (Å²) in [6.45, 7) is 2.59. The summed E-state index contributed by atoms with van der Waals surface area (Å²) in [6.07, 6.45) is 2.47. The summed E-state index contributed by atoms with van der Waals surface area (Å²) in [7, 11) is 1.67. The molecular formula is C22H22ClN3O2. The summed E-state index contributed by atoms with van der Waals surface area (Å²) in [6, 6.07) is 16.9. The van der Waals surface area contributed by atoms with E-state index in [9.17, 15) is 4.79 Å². The number of benzene rings is 2. The average Bonchev–Trinajstić information content (AvgIpc) is 2.72. The molecule has 0 radical (unpaired) electrons. The average molecular weight is 396 g/mol. The lowest BCUT2D eigenvalue weighted by Gasteiger charge is -2.11. The van der Waals surface area contributed by atoms with E-state index in [2.05, 4.69) is 15.6 Å². The van der Waals surface area contributed by atoms with Gasteiger partial charge in [0.15, 0.2) is 0 Å². The van der Waals surface area contributed by atoms with Crippen LogP contribution >= 0.6 is 11.6 Å². The fraction of sp³-hybridized carbons (Fsp3) is 0.182. The molecule has 0 aliphatic heterocycles. The van der Waals surface area contributed by atoms with Crippen LogP contribution in [0.15, 0.2) is 60.8 Å². The van der Waals surface area contributed by atoms with Gasteiger partial charge in [-0.05, 0) is 54.8 Å². The number of anilines is 2. The van der Waals surface area contributed by atoms with E-state index < -0.39 is 0 Å². The van der Waals surface area contributed by atoms with Gasteiger partial charge in [-0.15, -0.1) is 0 Å². The molecular weight excluding hydrogens is 374 g/mol. The Bertz CT molecular complexity index is 958. The van der Waals surface area contributed by atoms with E-state index in [-0.39, 0.29) is 5.91 Å². The normalized spacial score (nSPS) is 10.4. The molecule has 0 aliphatic carbocycles. The summed E-state index contributed by atoms with van der Waals surface area (Å²) in [5.74, 6) is 0.608. The number of methoxy groups -OCH3 is 1. The number of nitrogens with zero attached hydrogens (tertiary/aromatic N) is 1. The summed E-state index contributed by atoms with van der Waals surface area (Å²) in [4.78, 5) is 16.7. The molecule has 28 heavy (non-hydrogen) atoms. The Labute approximate surface area is 169 Å². The molecule has 144 valence electrons. The zero-order chi connectivity index (χ0) is 19.9. The predicted octanol–water partition coefficient (Wildman–Crippen LogP) is 4.96. The van der Waals surface area contributed by atoms with Crippen LogP contribution in [0, 0.1) is 6.92 Å². The number of carbonyl (C=O) groups is 1. The number of aromatic nitrogens is 1. The van der Waals surface area contributed by atoms with Crippen LogP contribution in [-0.4, -0.2) is 24.5 Å². The van der Waals surface area contributed by atoms with E-state index in [4.69, 9.17) is 16.3 Å². The van der Waals surface area contributed by atoms with Gasteiger partial charge in [0.05, 0.1) is 19.0 Å². The summed E-state index contributed by atoms with van der Waals surface area (Å²) < 4.78 is 5.36.